The molecule has 0 spiro atoms. The lowest BCUT2D eigenvalue weighted by Gasteiger charge is -2.17. The topological polar surface area (TPSA) is 36.9 Å². The molecule has 0 aliphatic rings. The second-order valence-corrected chi connectivity index (χ2v) is 14.4. The van der Waals surface area contributed by atoms with Gasteiger partial charge in [0.25, 0.3) is 0 Å². The molecule has 8 aromatic rings. The van der Waals surface area contributed by atoms with Gasteiger partial charge in [0.05, 0.1) is 14.2 Å². The normalized spacial score (nSPS) is 11.4. The van der Waals surface area contributed by atoms with Gasteiger partial charge in [-0.05, 0) is 152 Å². The number of benzene rings is 8. The second-order valence-electron chi connectivity index (χ2n) is 14.4. The summed E-state index contributed by atoms with van der Waals surface area (Å²) in [4.78, 5) is 19.7. The molecule has 8 rings (SSSR count). The minimum absolute atomic E-state index is 0.426. The van der Waals surface area contributed by atoms with Gasteiger partial charge in [-0.2, -0.15) is 0 Å². The standard InChI is InChI=1S/C26H26O4.C24H22/c1-17-5-9-21-13-19(15-29-27-3)7-11-23(21)25(17)26-18(2)6-10-22-14-20(16-30-28-4)8-12-24(22)26;1-15-5-11-21-19(13-15)9-7-17(3)23(21)24-18(4)8-10-20-14-16(2)6-12-22(20)24/h5-14H,15-16H2,1-4H3;5-14H,1-4H3. The molecular formula is C50H48O4. The van der Waals surface area contributed by atoms with Crippen molar-refractivity contribution in [2.45, 2.75) is 54.8 Å². The van der Waals surface area contributed by atoms with Crippen molar-refractivity contribution >= 4 is 43.1 Å². The van der Waals surface area contributed by atoms with Gasteiger partial charge in [-0.15, -0.1) is 0 Å². The van der Waals surface area contributed by atoms with Crippen molar-refractivity contribution in [1.29, 1.82) is 0 Å². The zero-order valence-electron chi connectivity index (χ0n) is 32.6. The Morgan fingerprint density at radius 2 is 0.630 bits per heavy atom. The quantitative estimate of drug-likeness (QED) is 0.116. The average molecular weight is 713 g/mol. The molecule has 0 aliphatic carbocycles. The molecule has 8 aromatic carbocycles. The van der Waals surface area contributed by atoms with Crippen molar-refractivity contribution in [1.82, 2.24) is 0 Å². The lowest BCUT2D eigenvalue weighted by atomic mass is 9.87. The van der Waals surface area contributed by atoms with Crippen molar-refractivity contribution in [3.8, 4) is 22.3 Å². The molecule has 0 aliphatic heterocycles. The van der Waals surface area contributed by atoms with E-state index >= 15 is 0 Å². The van der Waals surface area contributed by atoms with E-state index in [0.717, 1.165) is 11.1 Å². The van der Waals surface area contributed by atoms with E-state index in [1.165, 1.54) is 113 Å². The van der Waals surface area contributed by atoms with E-state index in [1.54, 1.807) is 0 Å². The molecule has 0 saturated carbocycles. The van der Waals surface area contributed by atoms with E-state index < -0.39 is 0 Å². The minimum Gasteiger partial charge on any atom is -0.240 e. The van der Waals surface area contributed by atoms with Crippen LogP contribution in [0.3, 0.4) is 0 Å². The molecule has 0 aromatic heterocycles. The molecule has 0 fully saturated rings. The first-order valence-electron chi connectivity index (χ1n) is 18.5. The summed E-state index contributed by atoms with van der Waals surface area (Å²) in [5.74, 6) is 0. The van der Waals surface area contributed by atoms with Gasteiger partial charge in [0.15, 0.2) is 0 Å². The Hall–Kier alpha value is -5.36. The first-order valence-corrected chi connectivity index (χ1v) is 18.5. The van der Waals surface area contributed by atoms with E-state index in [9.17, 15) is 0 Å². The Morgan fingerprint density at radius 3 is 0.944 bits per heavy atom. The van der Waals surface area contributed by atoms with Gasteiger partial charge in [-0.1, -0.05) is 120 Å². The molecule has 0 atom stereocenters. The molecule has 0 radical (unpaired) electrons. The van der Waals surface area contributed by atoms with Crippen LogP contribution in [0.1, 0.15) is 44.5 Å². The largest absolute Gasteiger partial charge is 0.240 e. The third-order valence-corrected chi connectivity index (χ3v) is 10.5. The fraction of sp³-hybridized carbons (Fsp3) is 0.200. The summed E-state index contributed by atoms with van der Waals surface area (Å²) in [6.45, 7) is 14.0. The summed E-state index contributed by atoms with van der Waals surface area (Å²) < 4.78 is 0. The lowest BCUT2D eigenvalue weighted by Crippen LogP contribution is -1.95. The second kappa shape index (κ2) is 15.9. The van der Waals surface area contributed by atoms with Crippen molar-refractivity contribution < 1.29 is 19.6 Å². The summed E-state index contributed by atoms with van der Waals surface area (Å²) in [5.41, 5.74) is 15.3. The highest BCUT2D eigenvalue weighted by atomic mass is 17.2. The van der Waals surface area contributed by atoms with Gasteiger partial charge >= 0.3 is 0 Å². The van der Waals surface area contributed by atoms with Gasteiger partial charge in [0.1, 0.15) is 13.2 Å². The maximum Gasteiger partial charge on any atom is 0.107 e. The van der Waals surface area contributed by atoms with Crippen LogP contribution in [0, 0.1) is 41.5 Å². The Labute approximate surface area is 318 Å². The van der Waals surface area contributed by atoms with Gasteiger partial charge in [-0.25, -0.2) is 19.6 Å². The SMILES string of the molecule is COOCc1ccc2c(-c3c(C)ccc4cc(COOC)ccc34)c(C)ccc2c1.Cc1ccc2c(-c3c(C)ccc4cc(C)ccc34)c(C)ccc2c1. The van der Waals surface area contributed by atoms with Crippen LogP contribution < -0.4 is 0 Å². The van der Waals surface area contributed by atoms with E-state index in [-0.39, 0.29) is 0 Å². The number of fused-ring (bicyclic) bond motifs is 4. The Balaban J connectivity index is 0.000000171. The predicted molar refractivity (Wildman–Crippen MR) is 226 cm³/mol. The Kier molecular flexibility index (Phi) is 10.9. The molecule has 4 nitrogen and oxygen atoms in total. The molecule has 4 heteroatoms. The van der Waals surface area contributed by atoms with E-state index in [0.29, 0.717) is 13.2 Å². The Bertz CT molecular complexity index is 2470. The van der Waals surface area contributed by atoms with Crippen LogP contribution in [0.15, 0.2) is 121 Å². The fourth-order valence-electron chi connectivity index (χ4n) is 7.85. The molecule has 0 saturated heterocycles. The third kappa shape index (κ3) is 7.39. The smallest absolute Gasteiger partial charge is 0.107 e. The molecule has 0 amide bonds. The fourth-order valence-corrected chi connectivity index (χ4v) is 7.85. The van der Waals surface area contributed by atoms with Crippen molar-refractivity contribution in [2.24, 2.45) is 0 Å². The summed E-state index contributed by atoms with van der Waals surface area (Å²) in [6.07, 6.45) is 0. The number of aryl methyl sites for hydroxylation is 6. The number of rotatable bonds is 8. The van der Waals surface area contributed by atoms with Crippen molar-refractivity contribution in [2.75, 3.05) is 14.2 Å². The molecular weight excluding hydrogens is 665 g/mol. The molecule has 0 heterocycles. The molecule has 0 bridgehead atoms. The summed E-state index contributed by atoms with van der Waals surface area (Å²) in [5, 5.41) is 10.2. The maximum atomic E-state index is 5.10. The predicted octanol–water partition coefficient (Wildman–Crippen LogP) is 13.3. The molecule has 272 valence electrons. The third-order valence-electron chi connectivity index (χ3n) is 10.5. The maximum absolute atomic E-state index is 5.10. The number of hydrogen-bond donors (Lipinski definition) is 0. The van der Waals surface area contributed by atoms with Gasteiger partial charge in [0.2, 0.25) is 0 Å². The zero-order chi connectivity index (χ0) is 37.9. The van der Waals surface area contributed by atoms with Gasteiger partial charge in [0, 0.05) is 0 Å². The van der Waals surface area contributed by atoms with Crippen LogP contribution in [-0.4, -0.2) is 14.2 Å². The Morgan fingerprint density at radius 1 is 0.333 bits per heavy atom. The summed E-state index contributed by atoms with van der Waals surface area (Å²) in [7, 11) is 3.05. The van der Waals surface area contributed by atoms with Crippen LogP contribution in [0.25, 0.3) is 65.3 Å². The highest BCUT2D eigenvalue weighted by Gasteiger charge is 2.16. The van der Waals surface area contributed by atoms with Crippen LogP contribution in [0.2, 0.25) is 0 Å². The van der Waals surface area contributed by atoms with Gasteiger partial charge in [-0.3, -0.25) is 0 Å². The van der Waals surface area contributed by atoms with Crippen LogP contribution >= 0.6 is 0 Å². The van der Waals surface area contributed by atoms with E-state index in [4.69, 9.17) is 19.6 Å². The number of hydrogen-bond acceptors (Lipinski definition) is 4. The van der Waals surface area contributed by atoms with E-state index in [1.807, 2.05) is 0 Å². The highest BCUT2D eigenvalue weighted by molar-refractivity contribution is 6.09. The van der Waals surface area contributed by atoms with Crippen molar-refractivity contribution in [3.05, 3.63) is 166 Å². The highest BCUT2D eigenvalue weighted by Crippen LogP contribution is 2.41. The minimum atomic E-state index is 0.426. The lowest BCUT2D eigenvalue weighted by molar-refractivity contribution is -0.282. The van der Waals surface area contributed by atoms with Crippen molar-refractivity contribution in [3.63, 3.8) is 0 Å². The first kappa shape index (κ1) is 37.0. The first-order chi connectivity index (χ1) is 26.2. The van der Waals surface area contributed by atoms with Crippen LogP contribution in [0.5, 0.6) is 0 Å². The van der Waals surface area contributed by atoms with Crippen LogP contribution in [0.4, 0.5) is 0 Å². The molecule has 0 N–H and O–H groups in total. The average Bonchev–Trinajstić information content (AvgIpc) is 3.17. The summed E-state index contributed by atoms with van der Waals surface area (Å²) >= 11 is 0. The molecule has 0 unspecified atom stereocenters. The van der Waals surface area contributed by atoms with E-state index in [2.05, 4.69) is 163 Å². The monoisotopic (exact) mass is 712 g/mol. The van der Waals surface area contributed by atoms with Crippen LogP contribution in [-0.2, 0) is 32.8 Å². The van der Waals surface area contributed by atoms with Gasteiger partial charge < -0.3 is 0 Å². The molecule has 54 heavy (non-hydrogen) atoms. The summed E-state index contributed by atoms with van der Waals surface area (Å²) in [6, 6.07) is 44.2. The zero-order valence-corrected chi connectivity index (χ0v) is 32.6.